The van der Waals surface area contributed by atoms with Gasteiger partial charge < -0.3 is 5.32 Å². The number of nitrogens with zero attached hydrogens (tertiary/aromatic N) is 3. The molecule has 0 atom stereocenters. The molecule has 0 saturated carbocycles. The summed E-state index contributed by atoms with van der Waals surface area (Å²) < 4.78 is 53.2. The average Bonchev–Trinajstić information content (AvgIpc) is 3.03. The highest BCUT2D eigenvalue weighted by Crippen LogP contribution is 2.21. The van der Waals surface area contributed by atoms with Crippen molar-refractivity contribution < 1.29 is 26.8 Å². The van der Waals surface area contributed by atoms with E-state index >= 15 is 0 Å². The van der Waals surface area contributed by atoms with E-state index in [4.69, 9.17) is 0 Å². The molecule has 26 heavy (non-hydrogen) atoms. The maximum atomic E-state index is 13.8. The summed E-state index contributed by atoms with van der Waals surface area (Å²) in [6, 6.07) is 1.86. The van der Waals surface area contributed by atoms with Crippen LogP contribution in [0, 0.1) is 11.6 Å². The Hall–Kier alpha value is -2.11. The Kier molecular flexibility index (Phi) is 5.21. The lowest BCUT2D eigenvalue weighted by Gasteiger charge is -2.34. The molecule has 8 nitrogen and oxygen atoms in total. The second kappa shape index (κ2) is 7.25. The summed E-state index contributed by atoms with van der Waals surface area (Å²) in [5.74, 6) is -2.20. The number of benzene rings is 1. The fraction of sp³-hybridized carbons (Fsp3) is 0.467. The number of carbonyl (C=O) groups is 2. The summed E-state index contributed by atoms with van der Waals surface area (Å²) in [7, 11) is -4.16. The number of amides is 3. The molecule has 11 heteroatoms. The molecular formula is C15H18F2N4O4S. The Labute approximate surface area is 149 Å². The minimum atomic E-state index is -4.16. The number of hydrogen-bond acceptors (Lipinski definition) is 5. The monoisotopic (exact) mass is 388 g/mol. The van der Waals surface area contributed by atoms with Crippen LogP contribution in [0.5, 0.6) is 0 Å². The number of imide groups is 1. The molecule has 2 aliphatic rings. The van der Waals surface area contributed by atoms with Crippen LogP contribution in [0.1, 0.15) is 0 Å². The van der Waals surface area contributed by atoms with E-state index in [1.807, 2.05) is 0 Å². The third kappa shape index (κ3) is 3.69. The van der Waals surface area contributed by atoms with E-state index in [0.717, 1.165) is 21.3 Å². The molecule has 2 aliphatic heterocycles. The van der Waals surface area contributed by atoms with Crippen LogP contribution in [-0.4, -0.2) is 80.3 Å². The van der Waals surface area contributed by atoms with E-state index in [2.05, 4.69) is 5.32 Å². The minimum absolute atomic E-state index is 0.00433. The van der Waals surface area contributed by atoms with Gasteiger partial charge in [-0.1, -0.05) is 0 Å². The number of piperazine rings is 1. The molecule has 1 aromatic rings. The SMILES string of the molecule is O=C(CN1CCN(S(=O)(=O)c2cc(F)ccc2F)CC1)N1CCNC1=O. The molecule has 2 heterocycles. The third-order valence-corrected chi connectivity index (χ3v) is 6.27. The molecule has 142 valence electrons. The number of nitrogens with one attached hydrogen (secondary N) is 1. The highest BCUT2D eigenvalue weighted by Gasteiger charge is 2.33. The first-order valence-corrected chi connectivity index (χ1v) is 9.49. The lowest BCUT2D eigenvalue weighted by molar-refractivity contribution is -0.129. The summed E-state index contributed by atoms with van der Waals surface area (Å²) in [5.41, 5.74) is 0. The normalized spacial score (nSPS) is 19.6. The van der Waals surface area contributed by atoms with Crippen LogP contribution in [0.4, 0.5) is 13.6 Å². The van der Waals surface area contributed by atoms with Crippen molar-refractivity contribution >= 4 is 22.0 Å². The van der Waals surface area contributed by atoms with Crippen molar-refractivity contribution in [2.45, 2.75) is 4.90 Å². The molecule has 3 rings (SSSR count). The lowest BCUT2D eigenvalue weighted by atomic mass is 10.3. The van der Waals surface area contributed by atoms with Crippen LogP contribution in [0.3, 0.4) is 0 Å². The second-order valence-corrected chi connectivity index (χ2v) is 7.94. The standard InChI is InChI=1S/C15H18F2N4O4S/c16-11-1-2-12(17)13(9-11)26(24,25)20-7-5-19(6-8-20)10-14(22)21-4-3-18-15(21)23/h1-2,9H,3-8,10H2,(H,18,23). The van der Waals surface area contributed by atoms with Crippen molar-refractivity contribution in [2.75, 3.05) is 45.8 Å². The third-order valence-electron chi connectivity index (χ3n) is 4.36. The first-order chi connectivity index (χ1) is 12.3. The van der Waals surface area contributed by atoms with E-state index in [0.29, 0.717) is 19.2 Å². The second-order valence-electron chi connectivity index (χ2n) is 6.03. The molecule has 0 spiro atoms. The van der Waals surface area contributed by atoms with Gasteiger partial charge >= 0.3 is 6.03 Å². The maximum absolute atomic E-state index is 13.8. The fourth-order valence-corrected chi connectivity index (χ4v) is 4.43. The van der Waals surface area contributed by atoms with E-state index in [9.17, 15) is 26.8 Å². The number of rotatable bonds is 4. The van der Waals surface area contributed by atoms with Crippen molar-refractivity contribution in [1.29, 1.82) is 0 Å². The molecule has 0 unspecified atom stereocenters. The average molecular weight is 388 g/mol. The smallest absolute Gasteiger partial charge is 0.324 e. The molecule has 1 N–H and O–H groups in total. The summed E-state index contributed by atoms with van der Waals surface area (Å²) in [6.45, 7) is 1.29. The predicted molar refractivity (Wildman–Crippen MR) is 86.7 cm³/mol. The molecule has 2 fully saturated rings. The number of sulfonamides is 1. The van der Waals surface area contributed by atoms with Crippen LogP contribution >= 0.6 is 0 Å². The number of hydrogen-bond donors (Lipinski definition) is 1. The molecule has 0 aromatic heterocycles. The Balaban J connectivity index is 1.62. The van der Waals surface area contributed by atoms with Gasteiger partial charge in [0.1, 0.15) is 16.5 Å². The molecule has 1 aromatic carbocycles. The van der Waals surface area contributed by atoms with Crippen molar-refractivity contribution in [2.24, 2.45) is 0 Å². The van der Waals surface area contributed by atoms with Crippen molar-refractivity contribution in [3.05, 3.63) is 29.8 Å². The maximum Gasteiger partial charge on any atom is 0.324 e. The van der Waals surface area contributed by atoms with Crippen LogP contribution in [-0.2, 0) is 14.8 Å². The molecule has 3 amide bonds. The van der Waals surface area contributed by atoms with Gasteiger partial charge in [0.25, 0.3) is 0 Å². The lowest BCUT2D eigenvalue weighted by Crippen LogP contribution is -2.51. The predicted octanol–water partition coefficient (Wildman–Crippen LogP) is -0.177. The van der Waals surface area contributed by atoms with Crippen LogP contribution in [0.15, 0.2) is 23.1 Å². The van der Waals surface area contributed by atoms with Crippen LogP contribution in [0.25, 0.3) is 0 Å². The largest absolute Gasteiger partial charge is 0.336 e. The molecular weight excluding hydrogens is 370 g/mol. The molecule has 2 saturated heterocycles. The zero-order valence-electron chi connectivity index (χ0n) is 13.8. The summed E-state index contributed by atoms with van der Waals surface area (Å²) >= 11 is 0. The highest BCUT2D eigenvalue weighted by atomic mass is 32.2. The van der Waals surface area contributed by atoms with Gasteiger partial charge in [-0.15, -0.1) is 0 Å². The van der Waals surface area contributed by atoms with E-state index in [1.54, 1.807) is 4.90 Å². The first kappa shape index (κ1) is 18.7. The van der Waals surface area contributed by atoms with Gasteiger partial charge in [-0.25, -0.2) is 22.0 Å². The number of urea groups is 1. The summed E-state index contributed by atoms with van der Waals surface area (Å²) in [4.78, 5) is 25.7. The number of halogens is 2. The van der Waals surface area contributed by atoms with Gasteiger partial charge in [0.05, 0.1) is 6.54 Å². The van der Waals surface area contributed by atoms with Gasteiger partial charge in [0.15, 0.2) is 0 Å². The van der Waals surface area contributed by atoms with E-state index in [1.165, 1.54) is 0 Å². The van der Waals surface area contributed by atoms with Gasteiger partial charge in [-0.3, -0.25) is 14.6 Å². The summed E-state index contributed by atoms with van der Waals surface area (Å²) in [5, 5.41) is 2.54. The minimum Gasteiger partial charge on any atom is -0.336 e. The highest BCUT2D eigenvalue weighted by molar-refractivity contribution is 7.89. The van der Waals surface area contributed by atoms with Crippen molar-refractivity contribution in [3.63, 3.8) is 0 Å². The zero-order valence-corrected chi connectivity index (χ0v) is 14.6. The zero-order chi connectivity index (χ0) is 18.9. The Bertz CT molecular complexity index is 825. The van der Waals surface area contributed by atoms with E-state index in [-0.39, 0.29) is 38.6 Å². The quantitative estimate of drug-likeness (QED) is 0.773. The Morgan fingerprint density at radius 3 is 2.42 bits per heavy atom. The Morgan fingerprint density at radius 2 is 1.81 bits per heavy atom. The first-order valence-electron chi connectivity index (χ1n) is 8.05. The fourth-order valence-electron chi connectivity index (χ4n) is 2.93. The van der Waals surface area contributed by atoms with Crippen LogP contribution < -0.4 is 5.32 Å². The van der Waals surface area contributed by atoms with Crippen molar-refractivity contribution in [3.8, 4) is 0 Å². The van der Waals surface area contributed by atoms with Gasteiger partial charge in [0.2, 0.25) is 15.9 Å². The molecule has 0 radical (unpaired) electrons. The van der Waals surface area contributed by atoms with Gasteiger partial charge in [0, 0.05) is 39.3 Å². The van der Waals surface area contributed by atoms with E-state index < -0.39 is 32.6 Å². The van der Waals surface area contributed by atoms with Gasteiger partial charge in [-0.2, -0.15) is 4.31 Å². The van der Waals surface area contributed by atoms with Gasteiger partial charge in [-0.05, 0) is 18.2 Å². The topological polar surface area (TPSA) is 90.0 Å². The van der Waals surface area contributed by atoms with Crippen molar-refractivity contribution in [1.82, 2.24) is 19.4 Å². The summed E-state index contributed by atoms with van der Waals surface area (Å²) in [6.07, 6.45) is 0. The van der Waals surface area contributed by atoms with Crippen LogP contribution in [0.2, 0.25) is 0 Å². The Morgan fingerprint density at radius 1 is 1.12 bits per heavy atom. The molecule has 0 bridgehead atoms. The number of carbonyl (C=O) groups excluding carboxylic acids is 2. The molecule has 0 aliphatic carbocycles.